The number of nitrogens with zero attached hydrogens (tertiary/aromatic N) is 2. The van der Waals surface area contributed by atoms with Gasteiger partial charge in [0.15, 0.2) is 0 Å². The fraction of sp³-hybridized carbons (Fsp3) is 0.300. The maximum absolute atomic E-state index is 4.38. The van der Waals surface area contributed by atoms with Gasteiger partial charge in [0.05, 0.1) is 12.2 Å². The molecule has 0 spiro atoms. The molecule has 80 valence electrons. The molecule has 0 saturated carbocycles. The molecular formula is C10H12BrN3S. The van der Waals surface area contributed by atoms with Gasteiger partial charge >= 0.3 is 0 Å². The number of halogens is 1. The molecule has 0 aromatic carbocycles. The summed E-state index contributed by atoms with van der Waals surface area (Å²) in [6, 6.07) is 2.12. The van der Waals surface area contributed by atoms with Crippen LogP contribution in [0.4, 0.5) is 5.95 Å². The van der Waals surface area contributed by atoms with Crippen LogP contribution >= 0.6 is 27.3 Å². The fourth-order valence-electron chi connectivity index (χ4n) is 1.39. The van der Waals surface area contributed by atoms with Crippen LogP contribution in [-0.2, 0) is 13.6 Å². The van der Waals surface area contributed by atoms with Crippen molar-refractivity contribution in [1.29, 1.82) is 0 Å². The Labute approximate surface area is 101 Å². The van der Waals surface area contributed by atoms with Crippen molar-refractivity contribution in [2.45, 2.75) is 13.5 Å². The molecule has 0 atom stereocenters. The summed E-state index contributed by atoms with van der Waals surface area (Å²) >= 11 is 5.17. The summed E-state index contributed by atoms with van der Waals surface area (Å²) in [5, 5.41) is 5.39. The lowest BCUT2D eigenvalue weighted by atomic mass is 10.5. The second-order valence-electron chi connectivity index (χ2n) is 3.40. The average Bonchev–Trinajstić information content (AvgIpc) is 2.70. The zero-order chi connectivity index (χ0) is 10.8. The molecule has 0 amide bonds. The molecule has 2 aromatic heterocycles. The van der Waals surface area contributed by atoms with Crippen molar-refractivity contribution in [2.24, 2.45) is 7.05 Å². The van der Waals surface area contributed by atoms with Crippen LogP contribution in [0.25, 0.3) is 0 Å². The van der Waals surface area contributed by atoms with E-state index >= 15 is 0 Å². The van der Waals surface area contributed by atoms with Gasteiger partial charge in [-0.25, -0.2) is 4.98 Å². The summed E-state index contributed by atoms with van der Waals surface area (Å²) in [5.74, 6) is 0.914. The number of hydrogen-bond donors (Lipinski definition) is 1. The van der Waals surface area contributed by atoms with Crippen molar-refractivity contribution in [3.63, 3.8) is 0 Å². The number of aryl methyl sites for hydroxylation is 2. The van der Waals surface area contributed by atoms with Gasteiger partial charge in [0.1, 0.15) is 0 Å². The Kier molecular flexibility index (Phi) is 3.11. The molecule has 5 heteroatoms. The minimum absolute atomic E-state index is 0.820. The second-order valence-corrected chi connectivity index (χ2v) is 5.31. The molecule has 0 aliphatic heterocycles. The quantitative estimate of drug-likeness (QED) is 0.939. The lowest BCUT2D eigenvalue weighted by Crippen LogP contribution is -2.03. The number of rotatable bonds is 3. The normalized spacial score (nSPS) is 10.6. The number of imidazole rings is 1. The summed E-state index contributed by atoms with van der Waals surface area (Å²) < 4.78 is 3.14. The van der Waals surface area contributed by atoms with Crippen LogP contribution in [0.15, 0.2) is 22.1 Å². The van der Waals surface area contributed by atoms with E-state index in [1.54, 1.807) is 11.3 Å². The molecule has 0 unspecified atom stereocenters. The van der Waals surface area contributed by atoms with E-state index in [9.17, 15) is 0 Å². The average molecular weight is 286 g/mol. The second kappa shape index (κ2) is 4.37. The molecule has 1 N–H and O–H groups in total. The molecular weight excluding hydrogens is 274 g/mol. The van der Waals surface area contributed by atoms with E-state index in [0.29, 0.717) is 0 Å². The van der Waals surface area contributed by atoms with Crippen molar-refractivity contribution in [2.75, 3.05) is 5.32 Å². The van der Waals surface area contributed by atoms with Crippen LogP contribution < -0.4 is 5.32 Å². The summed E-state index contributed by atoms with van der Waals surface area (Å²) in [4.78, 5) is 5.67. The molecule has 0 saturated heterocycles. The number of anilines is 1. The van der Waals surface area contributed by atoms with Crippen molar-refractivity contribution >= 4 is 33.2 Å². The molecule has 0 aliphatic rings. The first-order chi connectivity index (χ1) is 7.15. The van der Waals surface area contributed by atoms with E-state index in [-0.39, 0.29) is 0 Å². The smallest absolute Gasteiger partial charge is 0.203 e. The minimum atomic E-state index is 0.820. The van der Waals surface area contributed by atoms with Gasteiger partial charge < -0.3 is 9.88 Å². The summed E-state index contributed by atoms with van der Waals surface area (Å²) in [7, 11) is 1.99. The Bertz CT molecular complexity index is 461. The number of thiophene rings is 1. The number of nitrogens with one attached hydrogen (secondary N) is 1. The lowest BCUT2D eigenvalue weighted by Gasteiger charge is -2.03. The highest BCUT2D eigenvalue weighted by molar-refractivity contribution is 9.10. The van der Waals surface area contributed by atoms with Gasteiger partial charge in [-0.3, -0.25) is 0 Å². The maximum atomic E-state index is 4.38. The molecule has 2 rings (SSSR count). The SMILES string of the molecule is Cc1cn(C)c(NCc2cc(Br)cs2)n1. The van der Waals surface area contributed by atoms with Gasteiger partial charge in [0.25, 0.3) is 0 Å². The van der Waals surface area contributed by atoms with E-state index in [2.05, 4.69) is 37.7 Å². The predicted octanol–water partition coefficient (Wildman–Crippen LogP) is 3.16. The van der Waals surface area contributed by atoms with E-state index in [1.807, 2.05) is 24.7 Å². The third kappa shape index (κ3) is 2.60. The fourth-order valence-corrected chi connectivity index (χ4v) is 2.78. The Balaban J connectivity index is 2.01. The zero-order valence-electron chi connectivity index (χ0n) is 8.62. The first-order valence-electron chi connectivity index (χ1n) is 4.62. The van der Waals surface area contributed by atoms with E-state index in [4.69, 9.17) is 0 Å². The van der Waals surface area contributed by atoms with Gasteiger partial charge in [0.2, 0.25) is 5.95 Å². The maximum Gasteiger partial charge on any atom is 0.203 e. The molecule has 2 heterocycles. The molecule has 0 radical (unpaired) electrons. The van der Waals surface area contributed by atoms with Crippen LogP contribution in [0.1, 0.15) is 10.6 Å². The highest BCUT2D eigenvalue weighted by Crippen LogP contribution is 2.20. The summed E-state index contributed by atoms with van der Waals surface area (Å²) in [5.41, 5.74) is 1.03. The summed E-state index contributed by atoms with van der Waals surface area (Å²) in [6.07, 6.45) is 2.01. The van der Waals surface area contributed by atoms with Gasteiger partial charge in [-0.15, -0.1) is 11.3 Å². The van der Waals surface area contributed by atoms with Gasteiger partial charge in [-0.2, -0.15) is 0 Å². The third-order valence-electron chi connectivity index (χ3n) is 2.04. The lowest BCUT2D eigenvalue weighted by molar-refractivity contribution is 0.902. The third-order valence-corrected chi connectivity index (χ3v) is 3.74. The Hall–Kier alpha value is -0.810. The first-order valence-corrected chi connectivity index (χ1v) is 6.29. The molecule has 15 heavy (non-hydrogen) atoms. The van der Waals surface area contributed by atoms with E-state index < -0.39 is 0 Å². The predicted molar refractivity (Wildman–Crippen MR) is 67.3 cm³/mol. The first kappa shape index (κ1) is 10.7. The number of hydrogen-bond acceptors (Lipinski definition) is 3. The largest absolute Gasteiger partial charge is 0.351 e. The van der Waals surface area contributed by atoms with E-state index in [0.717, 1.165) is 22.7 Å². The van der Waals surface area contributed by atoms with Gasteiger partial charge in [-0.05, 0) is 28.9 Å². The zero-order valence-corrected chi connectivity index (χ0v) is 11.0. The molecule has 2 aromatic rings. The standard InChI is InChI=1S/C10H12BrN3S/c1-7-5-14(2)10(13-7)12-4-9-3-8(11)6-15-9/h3,5-6H,4H2,1-2H3,(H,12,13). The van der Waals surface area contributed by atoms with Gasteiger partial charge in [0, 0.05) is 28.0 Å². The Morgan fingerprint density at radius 1 is 1.60 bits per heavy atom. The van der Waals surface area contributed by atoms with Crippen LogP contribution in [0.5, 0.6) is 0 Å². The topological polar surface area (TPSA) is 29.9 Å². The van der Waals surface area contributed by atoms with Crippen molar-refractivity contribution in [3.05, 3.63) is 32.7 Å². The minimum Gasteiger partial charge on any atom is -0.351 e. The van der Waals surface area contributed by atoms with Crippen molar-refractivity contribution in [3.8, 4) is 0 Å². The van der Waals surface area contributed by atoms with Crippen LogP contribution in [0, 0.1) is 6.92 Å². The molecule has 0 fully saturated rings. The Morgan fingerprint density at radius 2 is 2.40 bits per heavy atom. The number of aromatic nitrogens is 2. The summed E-state index contributed by atoms with van der Waals surface area (Å²) in [6.45, 7) is 2.81. The van der Waals surface area contributed by atoms with Crippen LogP contribution in [-0.4, -0.2) is 9.55 Å². The molecule has 0 aliphatic carbocycles. The van der Waals surface area contributed by atoms with Crippen LogP contribution in [0.3, 0.4) is 0 Å². The monoisotopic (exact) mass is 285 g/mol. The van der Waals surface area contributed by atoms with Crippen molar-refractivity contribution in [1.82, 2.24) is 9.55 Å². The Morgan fingerprint density at radius 3 is 2.93 bits per heavy atom. The molecule has 0 bridgehead atoms. The van der Waals surface area contributed by atoms with Crippen molar-refractivity contribution < 1.29 is 0 Å². The highest BCUT2D eigenvalue weighted by atomic mass is 79.9. The van der Waals surface area contributed by atoms with Crippen LogP contribution in [0.2, 0.25) is 0 Å². The highest BCUT2D eigenvalue weighted by Gasteiger charge is 2.02. The molecule has 3 nitrogen and oxygen atoms in total. The van der Waals surface area contributed by atoms with Gasteiger partial charge in [-0.1, -0.05) is 0 Å². The van der Waals surface area contributed by atoms with E-state index in [1.165, 1.54) is 4.88 Å².